The molecule has 5 heteroatoms. The number of hydrogen-bond donors (Lipinski definition) is 1. The molecule has 0 bridgehead atoms. The van der Waals surface area contributed by atoms with Gasteiger partial charge in [-0.2, -0.15) is 0 Å². The average molecular weight is 332 g/mol. The molecule has 0 saturated carbocycles. The molecule has 0 aliphatic heterocycles. The minimum Gasteiger partial charge on any atom is -0.312 e. The highest BCUT2D eigenvalue weighted by Crippen LogP contribution is 2.19. The molecule has 0 radical (unpaired) electrons. The van der Waals surface area contributed by atoms with Crippen LogP contribution in [0.2, 0.25) is 0 Å². The molecule has 1 aromatic carbocycles. The van der Waals surface area contributed by atoms with E-state index in [1.807, 2.05) is 5.38 Å². The lowest BCUT2D eigenvalue weighted by molar-refractivity contribution is 0.577. The molecule has 1 nitrogen and oxygen atoms in total. The van der Waals surface area contributed by atoms with Gasteiger partial charge in [-0.05, 0) is 52.7 Å². The summed E-state index contributed by atoms with van der Waals surface area (Å²) in [5.41, 5.74) is 0.673. The second-order valence-electron chi connectivity index (χ2n) is 3.94. The van der Waals surface area contributed by atoms with Gasteiger partial charge in [0.05, 0.1) is 0 Å². The predicted molar refractivity (Wildman–Crippen MR) is 73.8 cm³/mol. The normalized spacial score (nSPS) is 10.8. The van der Waals surface area contributed by atoms with Gasteiger partial charge in [-0.15, -0.1) is 11.3 Å². The molecule has 18 heavy (non-hydrogen) atoms. The summed E-state index contributed by atoms with van der Waals surface area (Å²) in [4.78, 5) is 1.23. The van der Waals surface area contributed by atoms with E-state index >= 15 is 0 Å². The molecule has 2 rings (SSSR count). The van der Waals surface area contributed by atoms with Crippen molar-refractivity contribution < 1.29 is 8.78 Å². The van der Waals surface area contributed by atoms with Crippen molar-refractivity contribution in [3.8, 4) is 0 Å². The van der Waals surface area contributed by atoms with Crippen LogP contribution in [0.3, 0.4) is 0 Å². The number of hydrogen-bond acceptors (Lipinski definition) is 2. The number of thiophene rings is 1. The first-order chi connectivity index (χ1) is 8.63. The monoisotopic (exact) mass is 331 g/mol. The van der Waals surface area contributed by atoms with Crippen LogP contribution in [-0.4, -0.2) is 6.54 Å². The lowest BCUT2D eigenvalue weighted by Crippen LogP contribution is -2.16. The van der Waals surface area contributed by atoms with Crippen LogP contribution >= 0.6 is 27.3 Å². The van der Waals surface area contributed by atoms with Crippen LogP contribution in [0.25, 0.3) is 0 Å². The molecule has 1 N–H and O–H groups in total. The van der Waals surface area contributed by atoms with Gasteiger partial charge in [-0.25, -0.2) is 8.78 Å². The van der Waals surface area contributed by atoms with E-state index in [9.17, 15) is 8.78 Å². The van der Waals surface area contributed by atoms with Gasteiger partial charge in [0.25, 0.3) is 0 Å². The zero-order valence-electron chi connectivity index (χ0n) is 9.55. The zero-order chi connectivity index (χ0) is 13.0. The molecular weight excluding hydrogens is 320 g/mol. The smallest absolute Gasteiger partial charge is 0.126 e. The van der Waals surface area contributed by atoms with E-state index in [0.717, 1.165) is 17.1 Å². The highest BCUT2D eigenvalue weighted by atomic mass is 79.9. The molecule has 0 saturated heterocycles. The Bertz CT molecular complexity index is 507. The quantitative estimate of drug-likeness (QED) is 0.812. The summed E-state index contributed by atoms with van der Waals surface area (Å²) >= 11 is 5.06. The number of halogens is 3. The van der Waals surface area contributed by atoms with Gasteiger partial charge in [0.15, 0.2) is 0 Å². The summed E-state index contributed by atoms with van der Waals surface area (Å²) < 4.78 is 27.0. The molecule has 0 unspecified atom stereocenters. The van der Waals surface area contributed by atoms with Crippen LogP contribution in [0.4, 0.5) is 8.78 Å². The third-order valence-electron chi connectivity index (χ3n) is 2.43. The van der Waals surface area contributed by atoms with Gasteiger partial charge in [-0.1, -0.05) is 0 Å². The number of nitrogens with one attached hydrogen (secondary N) is 1. The first kappa shape index (κ1) is 13.6. The Hall–Kier alpha value is -0.780. The maximum Gasteiger partial charge on any atom is 0.126 e. The Kier molecular flexibility index (Phi) is 4.86. The topological polar surface area (TPSA) is 12.0 Å². The second-order valence-corrected chi connectivity index (χ2v) is 5.85. The summed E-state index contributed by atoms with van der Waals surface area (Å²) in [6.07, 6.45) is 0.612. The highest BCUT2D eigenvalue weighted by molar-refractivity contribution is 9.10. The van der Waals surface area contributed by atoms with E-state index in [1.165, 1.54) is 17.0 Å². The number of rotatable bonds is 5. The van der Waals surface area contributed by atoms with Crippen LogP contribution in [0.1, 0.15) is 10.4 Å². The Balaban J connectivity index is 1.78. The van der Waals surface area contributed by atoms with E-state index in [4.69, 9.17) is 0 Å². The third kappa shape index (κ3) is 4.15. The summed E-state index contributed by atoms with van der Waals surface area (Å²) in [6.45, 7) is 1.46. The average Bonchev–Trinajstić information content (AvgIpc) is 2.69. The highest BCUT2D eigenvalue weighted by Gasteiger charge is 2.01. The standard InChI is InChI=1S/C13H12BrF2NS/c14-10-5-13(18-8-10)7-17-2-1-9-3-11(15)6-12(16)4-9/h3-6,8,17H,1-2,7H2. The Labute approximate surface area is 117 Å². The molecule has 0 aliphatic rings. The van der Waals surface area contributed by atoms with Crippen molar-refractivity contribution in [3.05, 3.63) is 56.2 Å². The summed E-state index contributed by atoms with van der Waals surface area (Å²) in [5.74, 6) is -1.04. The Morgan fingerprint density at radius 2 is 1.83 bits per heavy atom. The molecule has 2 aromatic rings. The molecule has 1 aromatic heterocycles. The van der Waals surface area contributed by atoms with Crippen molar-refractivity contribution in [2.75, 3.05) is 6.54 Å². The van der Waals surface area contributed by atoms with E-state index in [-0.39, 0.29) is 0 Å². The third-order valence-corrected chi connectivity index (χ3v) is 4.13. The van der Waals surface area contributed by atoms with Crippen molar-refractivity contribution in [3.63, 3.8) is 0 Å². The fourth-order valence-corrected chi connectivity index (χ4v) is 3.07. The van der Waals surface area contributed by atoms with Crippen LogP contribution < -0.4 is 5.32 Å². The SMILES string of the molecule is Fc1cc(F)cc(CCNCc2cc(Br)cs2)c1. The van der Waals surface area contributed by atoms with Crippen LogP contribution in [0, 0.1) is 11.6 Å². The molecule has 96 valence electrons. The fourth-order valence-electron chi connectivity index (χ4n) is 1.65. The van der Waals surface area contributed by atoms with E-state index in [1.54, 1.807) is 11.3 Å². The lowest BCUT2D eigenvalue weighted by Gasteiger charge is -2.04. The first-order valence-corrected chi connectivity index (χ1v) is 7.19. The van der Waals surface area contributed by atoms with Gasteiger partial charge < -0.3 is 5.32 Å². The fraction of sp³-hybridized carbons (Fsp3) is 0.231. The van der Waals surface area contributed by atoms with Crippen molar-refractivity contribution in [1.29, 1.82) is 0 Å². The maximum absolute atomic E-state index is 12.9. The Morgan fingerprint density at radius 1 is 1.11 bits per heavy atom. The van der Waals surface area contributed by atoms with Gasteiger partial charge >= 0.3 is 0 Å². The van der Waals surface area contributed by atoms with E-state index in [0.29, 0.717) is 18.5 Å². The van der Waals surface area contributed by atoms with Crippen molar-refractivity contribution in [1.82, 2.24) is 5.32 Å². The molecule has 0 atom stereocenters. The molecular formula is C13H12BrF2NS. The largest absolute Gasteiger partial charge is 0.312 e. The van der Waals surface area contributed by atoms with Crippen LogP contribution in [-0.2, 0) is 13.0 Å². The first-order valence-electron chi connectivity index (χ1n) is 5.52. The lowest BCUT2D eigenvalue weighted by atomic mass is 10.1. The summed E-state index contributed by atoms with van der Waals surface area (Å²) in [5, 5.41) is 5.27. The van der Waals surface area contributed by atoms with E-state index in [2.05, 4.69) is 27.3 Å². The summed E-state index contributed by atoms with van der Waals surface area (Å²) in [6, 6.07) is 5.68. The molecule has 0 aliphatic carbocycles. The van der Waals surface area contributed by atoms with Crippen molar-refractivity contribution in [2.24, 2.45) is 0 Å². The van der Waals surface area contributed by atoms with Crippen LogP contribution in [0.5, 0.6) is 0 Å². The van der Waals surface area contributed by atoms with Crippen LogP contribution in [0.15, 0.2) is 34.1 Å². The minimum atomic E-state index is -0.521. The van der Waals surface area contributed by atoms with Gasteiger partial charge in [-0.3, -0.25) is 0 Å². The number of benzene rings is 1. The van der Waals surface area contributed by atoms with Gasteiger partial charge in [0, 0.05) is 27.3 Å². The molecule has 1 heterocycles. The summed E-state index contributed by atoms with van der Waals surface area (Å²) in [7, 11) is 0. The minimum absolute atomic E-state index is 0.521. The predicted octanol–water partition coefficient (Wildman–Crippen LogP) is 4.12. The molecule has 0 fully saturated rings. The molecule has 0 spiro atoms. The van der Waals surface area contributed by atoms with Gasteiger partial charge in [0.1, 0.15) is 11.6 Å². The second kappa shape index (κ2) is 6.41. The Morgan fingerprint density at radius 3 is 2.44 bits per heavy atom. The van der Waals surface area contributed by atoms with Crippen molar-refractivity contribution >= 4 is 27.3 Å². The zero-order valence-corrected chi connectivity index (χ0v) is 12.0. The molecule has 0 amide bonds. The van der Waals surface area contributed by atoms with Gasteiger partial charge in [0.2, 0.25) is 0 Å². The maximum atomic E-state index is 12.9. The van der Waals surface area contributed by atoms with Crippen molar-refractivity contribution in [2.45, 2.75) is 13.0 Å². The van der Waals surface area contributed by atoms with E-state index < -0.39 is 11.6 Å².